The van der Waals surface area contributed by atoms with Crippen LogP contribution in [0.4, 0.5) is 0 Å². The number of aliphatic hydroxyl groups is 1. The van der Waals surface area contributed by atoms with E-state index < -0.39 is 0 Å². The van der Waals surface area contributed by atoms with Crippen molar-refractivity contribution in [3.63, 3.8) is 0 Å². The van der Waals surface area contributed by atoms with E-state index in [4.69, 9.17) is 5.11 Å². The van der Waals surface area contributed by atoms with Gasteiger partial charge in [0.15, 0.2) is 0 Å². The van der Waals surface area contributed by atoms with Gasteiger partial charge in [-0.05, 0) is 38.1 Å². The quantitative estimate of drug-likeness (QED) is 0.478. The lowest BCUT2D eigenvalue weighted by Crippen LogP contribution is -2.35. The second kappa shape index (κ2) is 6.79. The van der Waals surface area contributed by atoms with Crippen molar-refractivity contribution < 1.29 is 9.90 Å². The normalized spacial score (nSPS) is 15.5. The minimum atomic E-state index is 0.0842. The molecule has 1 rings (SSSR count). The summed E-state index contributed by atoms with van der Waals surface area (Å²) in [6.45, 7) is 2.28. The first kappa shape index (κ1) is 11.5. The van der Waals surface area contributed by atoms with Gasteiger partial charge in [-0.1, -0.05) is 0 Å². The van der Waals surface area contributed by atoms with Gasteiger partial charge in [0.1, 0.15) is 0 Å². The van der Waals surface area contributed by atoms with E-state index >= 15 is 0 Å². The molecule has 4 heteroatoms. The van der Waals surface area contributed by atoms with E-state index in [2.05, 4.69) is 10.6 Å². The van der Waals surface area contributed by atoms with Crippen molar-refractivity contribution in [3.8, 4) is 0 Å². The highest BCUT2D eigenvalue weighted by atomic mass is 16.2. The first-order valence-electron chi connectivity index (χ1n) is 5.41. The van der Waals surface area contributed by atoms with Gasteiger partial charge in [-0.15, -0.1) is 0 Å². The van der Waals surface area contributed by atoms with Gasteiger partial charge in [0.05, 0.1) is 6.54 Å². The smallest absolute Gasteiger partial charge is 0.233 e. The van der Waals surface area contributed by atoms with Gasteiger partial charge in [0, 0.05) is 13.2 Å². The van der Waals surface area contributed by atoms with Crippen LogP contribution in [-0.2, 0) is 4.79 Å². The third kappa shape index (κ3) is 5.94. The molecular weight excluding hydrogens is 180 g/mol. The zero-order chi connectivity index (χ0) is 10.2. The second-order valence-electron chi connectivity index (χ2n) is 3.85. The summed E-state index contributed by atoms with van der Waals surface area (Å²) in [6.07, 6.45) is 4.26. The molecule has 0 bridgehead atoms. The Morgan fingerprint density at radius 1 is 1.36 bits per heavy atom. The maximum absolute atomic E-state index is 11.2. The number of aliphatic hydroxyl groups excluding tert-OH is 1. The lowest BCUT2D eigenvalue weighted by molar-refractivity contribution is -0.120. The zero-order valence-electron chi connectivity index (χ0n) is 8.59. The second-order valence-corrected chi connectivity index (χ2v) is 3.85. The van der Waals surface area contributed by atoms with E-state index in [1.807, 2.05) is 0 Å². The number of rotatable bonds is 8. The minimum absolute atomic E-state index is 0.0842. The van der Waals surface area contributed by atoms with E-state index in [0.717, 1.165) is 31.8 Å². The maximum atomic E-state index is 11.2. The van der Waals surface area contributed by atoms with Crippen LogP contribution in [0.5, 0.6) is 0 Å². The Bertz CT molecular complexity index is 170. The van der Waals surface area contributed by atoms with Crippen molar-refractivity contribution in [1.82, 2.24) is 10.6 Å². The molecule has 1 aliphatic carbocycles. The first-order chi connectivity index (χ1) is 6.83. The third-order valence-corrected chi connectivity index (χ3v) is 2.33. The summed E-state index contributed by atoms with van der Waals surface area (Å²) in [5, 5.41) is 14.4. The highest BCUT2D eigenvalue weighted by Crippen LogP contribution is 2.27. The highest BCUT2D eigenvalue weighted by Gasteiger charge is 2.21. The topological polar surface area (TPSA) is 61.4 Å². The molecule has 0 atom stereocenters. The maximum Gasteiger partial charge on any atom is 0.233 e. The molecule has 0 aromatic carbocycles. The van der Waals surface area contributed by atoms with Crippen LogP contribution in [0.3, 0.4) is 0 Å². The fraction of sp³-hybridized carbons (Fsp3) is 0.900. The fourth-order valence-corrected chi connectivity index (χ4v) is 1.21. The molecule has 1 aliphatic rings. The van der Waals surface area contributed by atoms with Crippen molar-refractivity contribution in [2.75, 3.05) is 26.2 Å². The number of unbranched alkanes of at least 4 members (excludes halogenated alkanes) is 1. The molecule has 0 aromatic heterocycles. The SMILES string of the molecule is O=C(CNCCCCO)NCC1CC1. The van der Waals surface area contributed by atoms with Gasteiger partial charge >= 0.3 is 0 Å². The molecule has 0 heterocycles. The van der Waals surface area contributed by atoms with Gasteiger partial charge < -0.3 is 15.7 Å². The summed E-state index contributed by atoms with van der Waals surface area (Å²) in [5.74, 6) is 0.828. The van der Waals surface area contributed by atoms with Gasteiger partial charge in [0.25, 0.3) is 0 Å². The van der Waals surface area contributed by atoms with Crippen molar-refractivity contribution in [1.29, 1.82) is 0 Å². The molecule has 0 unspecified atom stereocenters. The lowest BCUT2D eigenvalue weighted by atomic mass is 10.3. The Hall–Kier alpha value is -0.610. The predicted molar refractivity (Wildman–Crippen MR) is 54.9 cm³/mol. The highest BCUT2D eigenvalue weighted by molar-refractivity contribution is 5.77. The number of nitrogens with one attached hydrogen (secondary N) is 2. The van der Waals surface area contributed by atoms with Crippen molar-refractivity contribution in [2.24, 2.45) is 5.92 Å². The van der Waals surface area contributed by atoms with Crippen LogP contribution in [0.2, 0.25) is 0 Å². The van der Waals surface area contributed by atoms with Crippen LogP contribution in [-0.4, -0.2) is 37.3 Å². The summed E-state index contributed by atoms with van der Waals surface area (Å²) in [5.41, 5.74) is 0. The Labute approximate surface area is 85.1 Å². The molecule has 4 nitrogen and oxygen atoms in total. The standard InChI is InChI=1S/C10H20N2O2/c13-6-2-1-5-11-8-10(14)12-7-9-3-4-9/h9,11,13H,1-8H2,(H,12,14). The van der Waals surface area contributed by atoms with E-state index in [0.29, 0.717) is 6.54 Å². The van der Waals surface area contributed by atoms with Gasteiger partial charge in [-0.25, -0.2) is 0 Å². The van der Waals surface area contributed by atoms with Crippen LogP contribution in [0.1, 0.15) is 25.7 Å². The summed E-state index contributed by atoms with van der Waals surface area (Å²) in [6, 6.07) is 0. The first-order valence-corrected chi connectivity index (χ1v) is 5.41. The number of carbonyl (C=O) groups is 1. The van der Waals surface area contributed by atoms with Crippen LogP contribution < -0.4 is 10.6 Å². The Balaban J connectivity index is 1.81. The molecule has 1 fully saturated rings. The van der Waals surface area contributed by atoms with E-state index in [1.54, 1.807) is 0 Å². The van der Waals surface area contributed by atoms with Crippen LogP contribution in [0.15, 0.2) is 0 Å². The largest absolute Gasteiger partial charge is 0.396 e. The van der Waals surface area contributed by atoms with Gasteiger partial charge in [0.2, 0.25) is 5.91 Å². The number of hydrogen-bond acceptors (Lipinski definition) is 3. The van der Waals surface area contributed by atoms with Crippen LogP contribution in [0, 0.1) is 5.92 Å². The van der Waals surface area contributed by atoms with E-state index in [-0.39, 0.29) is 12.5 Å². The third-order valence-electron chi connectivity index (χ3n) is 2.33. The van der Waals surface area contributed by atoms with Gasteiger partial charge in [-0.2, -0.15) is 0 Å². The number of hydrogen-bond donors (Lipinski definition) is 3. The van der Waals surface area contributed by atoms with Crippen molar-refractivity contribution in [3.05, 3.63) is 0 Å². The molecule has 1 saturated carbocycles. The molecule has 0 spiro atoms. The Morgan fingerprint density at radius 3 is 2.79 bits per heavy atom. The average Bonchev–Trinajstić information content (AvgIpc) is 2.98. The average molecular weight is 200 g/mol. The molecule has 0 aliphatic heterocycles. The van der Waals surface area contributed by atoms with E-state index in [1.165, 1.54) is 12.8 Å². The molecule has 0 radical (unpaired) electrons. The Morgan fingerprint density at radius 2 is 2.14 bits per heavy atom. The minimum Gasteiger partial charge on any atom is -0.396 e. The molecule has 82 valence electrons. The molecule has 0 aromatic rings. The molecule has 1 amide bonds. The molecule has 0 saturated heterocycles. The monoisotopic (exact) mass is 200 g/mol. The Kier molecular flexibility index (Phi) is 5.56. The molecule has 3 N–H and O–H groups in total. The summed E-state index contributed by atoms with van der Waals surface area (Å²) in [4.78, 5) is 11.2. The molecular formula is C10H20N2O2. The summed E-state index contributed by atoms with van der Waals surface area (Å²) in [7, 11) is 0. The molecule has 14 heavy (non-hydrogen) atoms. The summed E-state index contributed by atoms with van der Waals surface area (Å²) < 4.78 is 0. The fourth-order valence-electron chi connectivity index (χ4n) is 1.21. The predicted octanol–water partition coefficient (Wildman–Crippen LogP) is -0.125. The summed E-state index contributed by atoms with van der Waals surface area (Å²) >= 11 is 0. The van der Waals surface area contributed by atoms with E-state index in [9.17, 15) is 4.79 Å². The number of amides is 1. The van der Waals surface area contributed by atoms with Gasteiger partial charge in [-0.3, -0.25) is 4.79 Å². The number of carbonyl (C=O) groups excluding carboxylic acids is 1. The van der Waals surface area contributed by atoms with Crippen LogP contribution in [0.25, 0.3) is 0 Å². The van der Waals surface area contributed by atoms with Crippen LogP contribution >= 0.6 is 0 Å². The van der Waals surface area contributed by atoms with Crippen molar-refractivity contribution >= 4 is 5.91 Å². The lowest BCUT2D eigenvalue weighted by Gasteiger charge is -2.05. The van der Waals surface area contributed by atoms with Crippen molar-refractivity contribution in [2.45, 2.75) is 25.7 Å². The zero-order valence-corrected chi connectivity index (χ0v) is 8.59.